The minimum atomic E-state index is -1.01. The van der Waals surface area contributed by atoms with Crippen LogP contribution in [0.15, 0.2) is 48.7 Å². The van der Waals surface area contributed by atoms with Crippen molar-refractivity contribution >= 4 is 17.6 Å². The Bertz CT molecular complexity index is 651. The minimum absolute atomic E-state index is 0.127. The second-order valence-electron chi connectivity index (χ2n) is 5.23. The molecule has 0 saturated carbocycles. The molecule has 6 heteroatoms. The van der Waals surface area contributed by atoms with Crippen molar-refractivity contribution < 1.29 is 14.3 Å². The summed E-state index contributed by atoms with van der Waals surface area (Å²) in [6, 6.07) is 12.9. The summed E-state index contributed by atoms with van der Waals surface area (Å²) >= 11 is 6.04. The van der Waals surface area contributed by atoms with Gasteiger partial charge in [-0.15, -0.1) is 0 Å². The number of methoxy groups -OCH3 is 1. The number of halogens is 1. The van der Waals surface area contributed by atoms with Crippen molar-refractivity contribution in [1.29, 1.82) is 0 Å². The van der Waals surface area contributed by atoms with Crippen LogP contribution in [0.1, 0.15) is 12.5 Å². The maximum Gasteiger partial charge on any atom is 0.329 e. The molecule has 1 aromatic carbocycles. The molecule has 2 rings (SSSR count). The highest BCUT2D eigenvalue weighted by molar-refractivity contribution is 6.30. The Labute approximate surface area is 140 Å². The summed E-state index contributed by atoms with van der Waals surface area (Å²) in [6.07, 6.45) is 1.61. The maximum atomic E-state index is 12.1. The van der Waals surface area contributed by atoms with E-state index in [1.165, 1.54) is 7.11 Å². The third-order valence-electron chi connectivity index (χ3n) is 3.41. The number of benzene rings is 1. The van der Waals surface area contributed by atoms with Gasteiger partial charge in [0, 0.05) is 18.3 Å². The lowest BCUT2D eigenvalue weighted by Gasteiger charge is -2.28. The monoisotopic (exact) mass is 334 g/mol. The van der Waals surface area contributed by atoms with Crippen molar-refractivity contribution in [3.05, 3.63) is 59.4 Å². The zero-order valence-electron chi connectivity index (χ0n) is 13.1. The van der Waals surface area contributed by atoms with Gasteiger partial charge in [0.1, 0.15) is 23.0 Å². The predicted molar refractivity (Wildman–Crippen MR) is 88.4 cm³/mol. The van der Waals surface area contributed by atoms with Crippen LogP contribution >= 0.6 is 11.6 Å². The third kappa shape index (κ3) is 4.68. The molecule has 122 valence electrons. The van der Waals surface area contributed by atoms with Crippen molar-refractivity contribution in [3.63, 3.8) is 0 Å². The van der Waals surface area contributed by atoms with Crippen LogP contribution < -0.4 is 10.1 Å². The molecule has 0 bridgehead atoms. The van der Waals surface area contributed by atoms with Gasteiger partial charge in [0.15, 0.2) is 0 Å². The number of rotatable bonds is 7. The van der Waals surface area contributed by atoms with Gasteiger partial charge in [-0.05, 0) is 25.1 Å². The minimum Gasteiger partial charge on any atom is -0.491 e. The highest BCUT2D eigenvalue weighted by atomic mass is 35.5. The van der Waals surface area contributed by atoms with E-state index in [0.717, 1.165) is 5.56 Å². The molecule has 0 spiro atoms. The van der Waals surface area contributed by atoms with Gasteiger partial charge in [0.25, 0.3) is 0 Å². The number of carbonyl (C=O) groups excluding carboxylic acids is 1. The first-order chi connectivity index (χ1) is 11.0. The lowest BCUT2D eigenvalue weighted by atomic mass is 10.0. The normalized spacial score (nSPS) is 13.2. The molecule has 0 aliphatic rings. The summed E-state index contributed by atoms with van der Waals surface area (Å²) in [5, 5.41) is 3.55. The smallest absolute Gasteiger partial charge is 0.329 e. The number of hydrogen-bond donors (Lipinski definition) is 1. The number of carbonyl (C=O) groups is 1. The summed E-state index contributed by atoms with van der Waals surface area (Å²) < 4.78 is 10.6. The lowest BCUT2D eigenvalue weighted by molar-refractivity contribution is -0.149. The second-order valence-corrected chi connectivity index (χ2v) is 5.59. The van der Waals surface area contributed by atoms with E-state index in [0.29, 0.717) is 17.4 Å². The number of nitrogens with one attached hydrogen (secondary N) is 1. The largest absolute Gasteiger partial charge is 0.491 e. The van der Waals surface area contributed by atoms with Gasteiger partial charge in [-0.25, -0.2) is 9.78 Å². The van der Waals surface area contributed by atoms with E-state index in [4.69, 9.17) is 21.1 Å². The number of hydrogen-bond acceptors (Lipinski definition) is 5. The average Bonchev–Trinajstić information content (AvgIpc) is 2.59. The van der Waals surface area contributed by atoms with Crippen molar-refractivity contribution in [2.45, 2.75) is 19.0 Å². The van der Waals surface area contributed by atoms with Gasteiger partial charge in [-0.2, -0.15) is 0 Å². The molecule has 0 saturated heterocycles. The van der Waals surface area contributed by atoms with E-state index in [-0.39, 0.29) is 6.61 Å². The van der Waals surface area contributed by atoms with E-state index < -0.39 is 11.5 Å². The number of pyridine rings is 1. The number of ether oxygens (including phenoxy) is 2. The Morgan fingerprint density at radius 2 is 2.00 bits per heavy atom. The van der Waals surface area contributed by atoms with E-state index in [2.05, 4.69) is 10.3 Å². The summed E-state index contributed by atoms with van der Waals surface area (Å²) in [7, 11) is 1.35. The number of nitrogens with zero attached hydrogens (tertiary/aromatic N) is 1. The lowest BCUT2D eigenvalue weighted by Crippen LogP contribution is -2.54. The quantitative estimate of drug-likeness (QED) is 0.623. The van der Waals surface area contributed by atoms with E-state index in [9.17, 15) is 4.79 Å². The molecule has 1 atom stereocenters. The van der Waals surface area contributed by atoms with E-state index in [1.807, 2.05) is 36.4 Å². The molecule has 1 aromatic heterocycles. The highest BCUT2D eigenvalue weighted by Crippen LogP contribution is 2.16. The average molecular weight is 335 g/mol. The van der Waals surface area contributed by atoms with Crippen molar-refractivity contribution in [3.8, 4) is 5.75 Å². The van der Waals surface area contributed by atoms with Gasteiger partial charge >= 0.3 is 5.97 Å². The molecular formula is C17H19ClN2O3. The Morgan fingerprint density at radius 3 is 2.65 bits per heavy atom. The van der Waals surface area contributed by atoms with Gasteiger partial charge in [-0.3, -0.25) is 5.32 Å². The molecular weight excluding hydrogens is 316 g/mol. The molecule has 0 radical (unpaired) electrons. The molecule has 0 amide bonds. The Kier molecular flexibility index (Phi) is 5.96. The summed E-state index contributed by atoms with van der Waals surface area (Å²) in [5.74, 6) is 0.275. The fraction of sp³-hybridized carbons (Fsp3) is 0.294. The molecule has 0 aliphatic carbocycles. The van der Waals surface area contributed by atoms with Crippen LogP contribution in [0.25, 0.3) is 0 Å². The van der Waals surface area contributed by atoms with Gasteiger partial charge in [-0.1, -0.05) is 35.9 Å². The number of esters is 1. The van der Waals surface area contributed by atoms with E-state index >= 15 is 0 Å². The number of aromatic nitrogens is 1. The zero-order chi connectivity index (χ0) is 16.7. The molecule has 1 N–H and O–H groups in total. The first kappa shape index (κ1) is 17.2. The van der Waals surface area contributed by atoms with Crippen LogP contribution in [0, 0.1) is 0 Å². The van der Waals surface area contributed by atoms with Crippen LogP contribution in [0.2, 0.25) is 5.15 Å². The fourth-order valence-electron chi connectivity index (χ4n) is 1.99. The summed E-state index contributed by atoms with van der Waals surface area (Å²) in [5.41, 5.74) is -0.215. The summed E-state index contributed by atoms with van der Waals surface area (Å²) in [4.78, 5) is 16.2. The first-order valence-corrected chi connectivity index (χ1v) is 7.53. The van der Waals surface area contributed by atoms with Crippen LogP contribution in [0.3, 0.4) is 0 Å². The predicted octanol–water partition coefficient (Wildman–Crippen LogP) is 2.84. The van der Waals surface area contributed by atoms with Gasteiger partial charge in [0.05, 0.1) is 7.11 Å². The highest BCUT2D eigenvalue weighted by Gasteiger charge is 2.35. The van der Waals surface area contributed by atoms with Crippen molar-refractivity contribution in [2.75, 3.05) is 13.7 Å². The maximum absolute atomic E-state index is 12.1. The van der Waals surface area contributed by atoms with Crippen LogP contribution in [-0.2, 0) is 16.1 Å². The van der Waals surface area contributed by atoms with Crippen LogP contribution in [0.5, 0.6) is 5.75 Å². The molecule has 1 heterocycles. The zero-order valence-corrected chi connectivity index (χ0v) is 13.8. The van der Waals surface area contributed by atoms with Crippen LogP contribution in [0.4, 0.5) is 0 Å². The van der Waals surface area contributed by atoms with Gasteiger partial charge < -0.3 is 9.47 Å². The Balaban J connectivity index is 2.06. The Hall–Kier alpha value is -2.11. The molecule has 2 aromatic rings. The van der Waals surface area contributed by atoms with Gasteiger partial charge in [0.2, 0.25) is 0 Å². The third-order valence-corrected chi connectivity index (χ3v) is 3.75. The van der Waals surface area contributed by atoms with Crippen molar-refractivity contribution in [2.24, 2.45) is 0 Å². The molecule has 0 fully saturated rings. The van der Waals surface area contributed by atoms with Crippen molar-refractivity contribution in [1.82, 2.24) is 10.3 Å². The standard InChI is InChI=1S/C17H19ClN2O3/c1-17(16(21)22-2,12-23-14-8-4-3-5-9-14)20-11-13-7-6-10-19-15(13)18/h3-10,20H,11-12H2,1-2H3. The molecule has 0 aliphatic heterocycles. The SMILES string of the molecule is COC(=O)C(C)(COc1ccccc1)NCc1cccnc1Cl. The summed E-state index contributed by atoms with van der Waals surface area (Å²) in [6.45, 7) is 2.23. The first-order valence-electron chi connectivity index (χ1n) is 7.16. The van der Waals surface area contributed by atoms with Crippen LogP contribution in [-0.4, -0.2) is 30.2 Å². The molecule has 5 nitrogen and oxygen atoms in total. The van der Waals surface area contributed by atoms with E-state index in [1.54, 1.807) is 19.2 Å². The molecule has 23 heavy (non-hydrogen) atoms. The fourth-order valence-corrected chi connectivity index (χ4v) is 2.18. The topological polar surface area (TPSA) is 60.5 Å². The molecule has 1 unspecified atom stereocenters. The number of para-hydroxylation sites is 1. The second kappa shape index (κ2) is 7.94. The Morgan fingerprint density at radius 1 is 1.26 bits per heavy atom.